The van der Waals surface area contributed by atoms with Crippen molar-refractivity contribution < 1.29 is 24.6 Å². The topological polar surface area (TPSA) is 112 Å². The van der Waals surface area contributed by atoms with Gasteiger partial charge in [0.1, 0.15) is 12.7 Å². The molecule has 0 bridgehead atoms. The van der Waals surface area contributed by atoms with Gasteiger partial charge in [0.15, 0.2) is 0 Å². The third kappa shape index (κ3) is 7.09. The van der Waals surface area contributed by atoms with E-state index in [1.165, 1.54) is 11.0 Å². The molecule has 2 amide bonds. The molecule has 0 spiro atoms. The Morgan fingerprint density at radius 2 is 1.88 bits per heavy atom. The molecule has 0 aliphatic carbocycles. The Hall–Kier alpha value is -4.26. The van der Waals surface area contributed by atoms with Gasteiger partial charge in [-0.25, -0.2) is 5.48 Å². The van der Waals surface area contributed by atoms with Gasteiger partial charge in [-0.3, -0.25) is 19.4 Å². The van der Waals surface area contributed by atoms with Crippen LogP contribution in [0.3, 0.4) is 0 Å². The van der Waals surface area contributed by atoms with Crippen LogP contribution in [0.1, 0.15) is 45.6 Å². The second-order valence-corrected chi connectivity index (χ2v) is 9.80. The van der Waals surface area contributed by atoms with E-state index < -0.39 is 42.5 Å². The minimum Gasteiger partial charge on any atom is -0.394 e. The van der Waals surface area contributed by atoms with E-state index in [2.05, 4.69) is 16.4 Å². The average Bonchev–Trinajstić information content (AvgIpc) is 3.00. The van der Waals surface area contributed by atoms with E-state index in [-0.39, 0.29) is 13.0 Å². The number of hydroxylamine groups is 1. The largest absolute Gasteiger partial charge is 0.394 e. The van der Waals surface area contributed by atoms with Crippen molar-refractivity contribution in [3.8, 4) is 12.3 Å². The predicted octanol–water partition coefficient (Wildman–Crippen LogP) is 4.03. The molecule has 4 atom stereocenters. The van der Waals surface area contributed by atoms with E-state index in [1.54, 1.807) is 85.1 Å². The Kier molecular flexibility index (Phi) is 10.4. The molecule has 3 N–H and O–H groups in total. The molecular formula is C32H30ClN3O5. The number of benzene rings is 2. The molecule has 0 saturated carbocycles. The zero-order valence-electron chi connectivity index (χ0n) is 22.1. The van der Waals surface area contributed by atoms with Crippen molar-refractivity contribution >= 4 is 23.4 Å². The highest BCUT2D eigenvalue weighted by molar-refractivity contribution is 6.31. The Morgan fingerprint density at radius 3 is 2.59 bits per heavy atom. The molecule has 41 heavy (non-hydrogen) atoms. The summed E-state index contributed by atoms with van der Waals surface area (Å²) in [6, 6.07) is 19.0. The summed E-state index contributed by atoms with van der Waals surface area (Å²) < 4.78 is 0. The fraction of sp³-hybridized carbons (Fsp3) is 0.219. The molecule has 1 aliphatic rings. The molecular weight excluding hydrogens is 542 g/mol. The zero-order valence-corrected chi connectivity index (χ0v) is 22.9. The molecule has 4 rings (SSSR count). The van der Waals surface area contributed by atoms with Crippen molar-refractivity contribution in [2.24, 2.45) is 0 Å². The fourth-order valence-corrected chi connectivity index (χ4v) is 5.12. The molecule has 1 aliphatic heterocycles. The highest BCUT2D eigenvalue weighted by atomic mass is 35.5. The number of terminal acetylenes is 1. The third-order valence-corrected chi connectivity index (χ3v) is 7.07. The van der Waals surface area contributed by atoms with Crippen LogP contribution < -0.4 is 5.48 Å². The van der Waals surface area contributed by atoms with Gasteiger partial charge < -0.3 is 15.1 Å². The maximum absolute atomic E-state index is 14.0. The molecule has 0 fully saturated rings. The van der Waals surface area contributed by atoms with Crippen molar-refractivity contribution in [3.63, 3.8) is 0 Å². The van der Waals surface area contributed by atoms with Crippen molar-refractivity contribution in [1.29, 1.82) is 0 Å². The van der Waals surface area contributed by atoms with Gasteiger partial charge in [-0.2, -0.15) is 0 Å². The van der Waals surface area contributed by atoms with Gasteiger partial charge in [0.25, 0.3) is 11.8 Å². The molecule has 2 aromatic carbocycles. The number of rotatable bonds is 11. The number of hydrogen-bond donors (Lipinski definition) is 3. The summed E-state index contributed by atoms with van der Waals surface area (Å²) in [4.78, 5) is 38.8. The lowest BCUT2D eigenvalue weighted by Gasteiger charge is -2.46. The number of halogens is 1. The number of aliphatic hydroxyl groups excluding tert-OH is 2. The summed E-state index contributed by atoms with van der Waals surface area (Å²) in [6.07, 6.45) is 10.5. The summed E-state index contributed by atoms with van der Waals surface area (Å²) >= 11 is 6.16. The number of amides is 2. The van der Waals surface area contributed by atoms with E-state index >= 15 is 0 Å². The van der Waals surface area contributed by atoms with Crippen LogP contribution in [-0.4, -0.2) is 50.6 Å². The smallest absolute Gasteiger partial charge is 0.254 e. The number of aliphatic hydroxyl groups is 2. The number of hydrogen-bond acceptors (Lipinski definition) is 6. The quantitative estimate of drug-likeness (QED) is 0.182. The first-order valence-electron chi connectivity index (χ1n) is 13.0. The molecule has 9 heteroatoms. The molecule has 0 saturated heterocycles. The monoisotopic (exact) mass is 571 g/mol. The lowest BCUT2D eigenvalue weighted by molar-refractivity contribution is -0.138. The van der Waals surface area contributed by atoms with Crippen molar-refractivity contribution in [2.75, 3.05) is 6.61 Å². The molecule has 8 nitrogen and oxygen atoms in total. The van der Waals surface area contributed by atoms with Gasteiger partial charge in [0.2, 0.25) is 0 Å². The molecule has 0 unspecified atom stereocenters. The number of fused-ring (bicyclic) bond motifs is 1. The van der Waals surface area contributed by atoms with Crippen LogP contribution in [-0.2, 0) is 16.2 Å². The van der Waals surface area contributed by atoms with Crippen LogP contribution in [0.4, 0.5) is 0 Å². The molecule has 3 aromatic rings. The number of carbonyl (C=O) groups is 2. The van der Waals surface area contributed by atoms with Gasteiger partial charge in [-0.1, -0.05) is 78.2 Å². The summed E-state index contributed by atoms with van der Waals surface area (Å²) in [5, 5.41) is 22.1. The van der Waals surface area contributed by atoms with E-state index in [1.807, 2.05) is 6.07 Å². The van der Waals surface area contributed by atoms with Gasteiger partial charge in [-0.15, -0.1) is 6.42 Å². The molecule has 2 heterocycles. The Morgan fingerprint density at radius 1 is 1.15 bits per heavy atom. The van der Waals surface area contributed by atoms with Crippen LogP contribution in [0, 0.1) is 12.3 Å². The summed E-state index contributed by atoms with van der Waals surface area (Å²) in [5.41, 5.74) is 4.45. The number of nitrogens with zero attached hydrogens (tertiary/aromatic N) is 2. The standard InChI is InChI=1S/C32H30ClN3O5/c1-2-11-23(33)14-10-18-27-29(31(39)35-41-21-24-15-8-9-19-34-24)25-16-6-7-17-26(25)32(40)36(27)28(20-37)30(38)22-12-4-3-5-13-22/h1,3-17,19,27-30,37-38H,18,20-21H2,(H,35,39)/b14-10-,23-11+/t27-,28-,29+,30-/m1/s1. The minimum atomic E-state index is -1.23. The molecule has 0 radical (unpaired) electrons. The van der Waals surface area contributed by atoms with E-state index in [0.29, 0.717) is 27.4 Å². The summed E-state index contributed by atoms with van der Waals surface area (Å²) in [7, 11) is 0. The number of aromatic nitrogens is 1. The second-order valence-electron chi connectivity index (χ2n) is 9.36. The first-order chi connectivity index (χ1) is 20.0. The normalized spacial score (nSPS) is 18.4. The van der Waals surface area contributed by atoms with Crippen LogP contribution in [0.2, 0.25) is 0 Å². The van der Waals surface area contributed by atoms with Crippen LogP contribution >= 0.6 is 11.6 Å². The first-order valence-corrected chi connectivity index (χ1v) is 13.4. The first kappa shape index (κ1) is 29.7. The summed E-state index contributed by atoms with van der Waals surface area (Å²) in [6.45, 7) is -0.515. The van der Waals surface area contributed by atoms with E-state index in [0.717, 1.165) is 0 Å². The number of pyridine rings is 1. The zero-order chi connectivity index (χ0) is 29.2. The lowest BCUT2D eigenvalue weighted by Crippen LogP contribution is -2.58. The second kappa shape index (κ2) is 14.4. The van der Waals surface area contributed by atoms with Gasteiger partial charge in [-0.05, 0) is 41.8 Å². The van der Waals surface area contributed by atoms with Crippen LogP contribution in [0.5, 0.6) is 0 Å². The molecule has 1 aromatic heterocycles. The fourth-order valence-electron chi connectivity index (χ4n) is 4.97. The van der Waals surface area contributed by atoms with E-state index in [9.17, 15) is 19.8 Å². The van der Waals surface area contributed by atoms with Crippen LogP contribution in [0.15, 0.2) is 102 Å². The van der Waals surface area contributed by atoms with Crippen LogP contribution in [0.25, 0.3) is 0 Å². The SMILES string of the molecule is C#C/C=C(Cl)\C=C/C[C@@H]1[C@@H](C(=O)NOCc2ccccn2)c2ccccc2C(=O)N1[C@H](CO)[C@H](O)c1ccccc1. The van der Waals surface area contributed by atoms with E-state index in [4.69, 9.17) is 22.9 Å². The van der Waals surface area contributed by atoms with Gasteiger partial charge >= 0.3 is 0 Å². The number of nitrogens with one attached hydrogen (secondary N) is 1. The Labute approximate surface area is 243 Å². The number of allylic oxidation sites excluding steroid dienone is 3. The number of carbonyl (C=O) groups excluding carboxylic acids is 2. The Balaban J connectivity index is 1.73. The Bertz CT molecular complexity index is 1440. The van der Waals surface area contributed by atoms with Gasteiger partial charge in [0.05, 0.1) is 30.3 Å². The maximum Gasteiger partial charge on any atom is 0.254 e. The molecule has 210 valence electrons. The average molecular weight is 572 g/mol. The van der Waals surface area contributed by atoms with Crippen molar-refractivity contribution in [2.45, 2.75) is 37.1 Å². The van der Waals surface area contributed by atoms with Crippen molar-refractivity contribution in [3.05, 3.63) is 125 Å². The summed E-state index contributed by atoms with van der Waals surface area (Å²) in [5.74, 6) is 0.516. The highest BCUT2D eigenvalue weighted by Crippen LogP contribution is 2.39. The maximum atomic E-state index is 14.0. The minimum absolute atomic E-state index is 0.0344. The van der Waals surface area contributed by atoms with Crippen molar-refractivity contribution in [1.82, 2.24) is 15.4 Å². The highest BCUT2D eigenvalue weighted by Gasteiger charge is 2.47. The third-order valence-electron chi connectivity index (χ3n) is 6.83. The lowest BCUT2D eigenvalue weighted by atomic mass is 9.79. The van der Waals surface area contributed by atoms with Gasteiger partial charge in [0, 0.05) is 22.9 Å². The predicted molar refractivity (Wildman–Crippen MR) is 155 cm³/mol.